The molecule has 4 rings (SSSR count). The number of hydrogen-bond acceptors (Lipinski definition) is 6. The molecule has 0 bridgehead atoms. The third kappa shape index (κ3) is 4.19. The van der Waals surface area contributed by atoms with Gasteiger partial charge in [-0.05, 0) is 55.5 Å². The van der Waals surface area contributed by atoms with Crippen molar-refractivity contribution < 1.29 is 19.1 Å². The van der Waals surface area contributed by atoms with Crippen LogP contribution in [-0.4, -0.2) is 61.0 Å². The fourth-order valence-electron chi connectivity index (χ4n) is 5.10. The van der Waals surface area contributed by atoms with Gasteiger partial charge in [0, 0.05) is 43.5 Å². The first-order valence-electron chi connectivity index (χ1n) is 11.9. The van der Waals surface area contributed by atoms with Gasteiger partial charge in [0.05, 0.1) is 7.11 Å². The molecule has 0 aliphatic carbocycles. The van der Waals surface area contributed by atoms with Gasteiger partial charge in [-0.15, -0.1) is 0 Å². The highest BCUT2D eigenvalue weighted by atomic mass is 16.5. The average molecular weight is 480 g/mol. The van der Waals surface area contributed by atoms with Crippen LogP contribution in [0.3, 0.4) is 0 Å². The SMILES string of the molecule is COc1cc(C(=O)N2CCN(c3ncc(C)cc3C)CC2)c(C)cc1C1(C(C)C)NC(=O)NC1=O. The molecule has 2 N–H and O–H groups in total. The van der Waals surface area contributed by atoms with E-state index in [2.05, 4.69) is 33.5 Å². The van der Waals surface area contributed by atoms with Gasteiger partial charge in [-0.25, -0.2) is 9.78 Å². The summed E-state index contributed by atoms with van der Waals surface area (Å²) in [5.41, 5.74) is 2.77. The van der Waals surface area contributed by atoms with E-state index in [1.54, 1.807) is 12.1 Å². The summed E-state index contributed by atoms with van der Waals surface area (Å²) in [6.07, 6.45) is 1.87. The molecule has 0 radical (unpaired) electrons. The van der Waals surface area contributed by atoms with Crippen LogP contribution in [-0.2, 0) is 10.3 Å². The third-order valence-electron chi connectivity index (χ3n) is 7.02. The number of pyridine rings is 1. The van der Waals surface area contributed by atoms with Gasteiger partial charge in [0.2, 0.25) is 0 Å². The number of urea groups is 1. The Hall–Kier alpha value is -3.62. The summed E-state index contributed by atoms with van der Waals surface area (Å²) in [6, 6.07) is 5.05. The molecule has 2 aliphatic rings. The number of ether oxygens (including phenoxy) is 1. The van der Waals surface area contributed by atoms with Crippen LogP contribution in [0, 0.1) is 26.7 Å². The summed E-state index contributed by atoms with van der Waals surface area (Å²) in [5.74, 6) is 0.601. The number of carbonyl (C=O) groups excluding carboxylic acids is 3. The molecule has 2 fully saturated rings. The Bertz CT molecular complexity index is 1190. The number of amides is 4. The van der Waals surface area contributed by atoms with E-state index in [1.807, 2.05) is 38.8 Å². The standard InChI is InChI=1S/C26H33N5O4/c1-15(2)26(24(33)28-25(34)29-26)20-12-17(4)19(13-21(20)35-6)23(32)31-9-7-30(8-10-31)22-18(5)11-16(3)14-27-22/h11-15H,7-10H2,1-6H3,(H2,28,29,33,34). The van der Waals surface area contributed by atoms with Gasteiger partial charge in [-0.3, -0.25) is 14.9 Å². The molecular weight excluding hydrogens is 446 g/mol. The molecule has 2 saturated heterocycles. The van der Waals surface area contributed by atoms with Gasteiger partial charge >= 0.3 is 6.03 Å². The van der Waals surface area contributed by atoms with E-state index in [0.29, 0.717) is 43.1 Å². The molecule has 9 nitrogen and oxygen atoms in total. The number of benzene rings is 1. The molecule has 0 spiro atoms. The summed E-state index contributed by atoms with van der Waals surface area (Å²) in [5, 5.41) is 5.13. The Balaban J connectivity index is 1.59. The van der Waals surface area contributed by atoms with Crippen LogP contribution < -0.4 is 20.3 Å². The summed E-state index contributed by atoms with van der Waals surface area (Å²) in [4.78, 5) is 47.0. The lowest BCUT2D eigenvalue weighted by Gasteiger charge is -2.36. The second-order valence-corrected chi connectivity index (χ2v) is 9.67. The zero-order chi connectivity index (χ0) is 25.5. The molecule has 1 aromatic heterocycles. The molecule has 35 heavy (non-hydrogen) atoms. The highest BCUT2D eigenvalue weighted by Gasteiger charge is 2.52. The maximum Gasteiger partial charge on any atom is 0.322 e. The lowest BCUT2D eigenvalue weighted by Crippen LogP contribution is -2.49. The molecule has 1 atom stereocenters. The second-order valence-electron chi connectivity index (χ2n) is 9.67. The van der Waals surface area contributed by atoms with Gasteiger partial charge < -0.3 is 19.9 Å². The number of nitrogens with one attached hydrogen (secondary N) is 2. The molecule has 2 aromatic rings. The number of piperazine rings is 1. The van der Waals surface area contributed by atoms with E-state index in [-0.39, 0.29) is 11.8 Å². The van der Waals surface area contributed by atoms with Crippen LogP contribution in [0.4, 0.5) is 10.6 Å². The first-order chi connectivity index (χ1) is 16.6. The number of nitrogens with zero attached hydrogens (tertiary/aromatic N) is 3. The van der Waals surface area contributed by atoms with Crippen molar-refractivity contribution in [3.8, 4) is 5.75 Å². The molecule has 3 heterocycles. The van der Waals surface area contributed by atoms with E-state index in [0.717, 1.165) is 22.5 Å². The van der Waals surface area contributed by atoms with Crippen LogP contribution in [0.2, 0.25) is 0 Å². The highest BCUT2D eigenvalue weighted by molar-refractivity contribution is 6.08. The fraction of sp³-hybridized carbons (Fsp3) is 0.462. The number of rotatable bonds is 5. The first-order valence-corrected chi connectivity index (χ1v) is 11.9. The van der Waals surface area contributed by atoms with Crippen LogP contribution >= 0.6 is 0 Å². The van der Waals surface area contributed by atoms with Crippen molar-refractivity contribution >= 4 is 23.7 Å². The van der Waals surface area contributed by atoms with Crippen molar-refractivity contribution in [3.63, 3.8) is 0 Å². The van der Waals surface area contributed by atoms with Gasteiger partial charge in [0.15, 0.2) is 5.54 Å². The maximum absolute atomic E-state index is 13.5. The number of anilines is 1. The number of hydrogen-bond donors (Lipinski definition) is 2. The van der Waals surface area contributed by atoms with Crippen LogP contribution in [0.1, 0.15) is 46.5 Å². The minimum atomic E-state index is -1.26. The van der Waals surface area contributed by atoms with Crippen LogP contribution in [0.25, 0.3) is 0 Å². The molecule has 1 unspecified atom stereocenters. The van der Waals surface area contributed by atoms with E-state index < -0.39 is 17.5 Å². The normalized spacial score (nSPS) is 20.2. The van der Waals surface area contributed by atoms with Crippen LogP contribution in [0.15, 0.2) is 24.4 Å². The minimum absolute atomic E-state index is 0.0842. The average Bonchev–Trinajstić information content (AvgIpc) is 3.13. The number of carbonyl (C=O) groups is 3. The van der Waals surface area contributed by atoms with Crippen molar-refractivity contribution in [1.82, 2.24) is 20.5 Å². The lowest BCUT2D eigenvalue weighted by molar-refractivity contribution is -0.125. The van der Waals surface area contributed by atoms with Gasteiger partial charge in [0.1, 0.15) is 11.6 Å². The van der Waals surface area contributed by atoms with Crippen molar-refractivity contribution in [2.24, 2.45) is 5.92 Å². The predicted octanol–water partition coefficient (Wildman–Crippen LogP) is 2.67. The fourth-order valence-corrected chi connectivity index (χ4v) is 5.10. The van der Waals surface area contributed by atoms with Crippen molar-refractivity contribution in [3.05, 3.63) is 52.2 Å². The zero-order valence-corrected chi connectivity index (χ0v) is 21.2. The summed E-state index contributed by atoms with van der Waals surface area (Å²) in [6.45, 7) is 12.2. The quantitative estimate of drug-likeness (QED) is 0.639. The van der Waals surface area contributed by atoms with Crippen molar-refractivity contribution in [2.45, 2.75) is 40.2 Å². The van der Waals surface area contributed by atoms with Gasteiger partial charge in [-0.1, -0.05) is 19.9 Å². The minimum Gasteiger partial charge on any atom is -0.496 e. The number of methoxy groups -OCH3 is 1. The van der Waals surface area contributed by atoms with Crippen LogP contribution in [0.5, 0.6) is 5.75 Å². The highest BCUT2D eigenvalue weighted by Crippen LogP contribution is 2.40. The second kappa shape index (κ2) is 9.20. The molecule has 0 saturated carbocycles. The van der Waals surface area contributed by atoms with E-state index in [1.165, 1.54) is 7.11 Å². The molecular formula is C26H33N5O4. The zero-order valence-electron chi connectivity index (χ0n) is 21.2. The number of imide groups is 1. The number of aromatic nitrogens is 1. The monoisotopic (exact) mass is 479 g/mol. The topological polar surface area (TPSA) is 104 Å². The van der Waals surface area contributed by atoms with E-state index in [4.69, 9.17) is 4.74 Å². The summed E-state index contributed by atoms with van der Waals surface area (Å²) in [7, 11) is 1.50. The van der Waals surface area contributed by atoms with E-state index >= 15 is 0 Å². The molecule has 1 aromatic carbocycles. The molecule has 9 heteroatoms. The molecule has 2 aliphatic heterocycles. The van der Waals surface area contributed by atoms with E-state index in [9.17, 15) is 14.4 Å². The maximum atomic E-state index is 13.5. The predicted molar refractivity (Wildman–Crippen MR) is 133 cm³/mol. The van der Waals surface area contributed by atoms with Crippen molar-refractivity contribution in [1.29, 1.82) is 0 Å². The Labute approximate surface area is 205 Å². The van der Waals surface area contributed by atoms with Crippen molar-refractivity contribution in [2.75, 3.05) is 38.2 Å². The summed E-state index contributed by atoms with van der Waals surface area (Å²) >= 11 is 0. The Morgan fingerprint density at radius 3 is 2.29 bits per heavy atom. The Morgan fingerprint density at radius 2 is 1.74 bits per heavy atom. The largest absolute Gasteiger partial charge is 0.496 e. The Kier molecular flexibility index (Phi) is 6.44. The third-order valence-corrected chi connectivity index (χ3v) is 7.02. The smallest absolute Gasteiger partial charge is 0.322 e. The lowest BCUT2D eigenvalue weighted by atomic mass is 9.78. The number of aryl methyl sites for hydroxylation is 3. The summed E-state index contributed by atoms with van der Waals surface area (Å²) < 4.78 is 5.63. The van der Waals surface area contributed by atoms with Gasteiger partial charge in [0.25, 0.3) is 11.8 Å². The molecule has 4 amide bonds. The molecule has 186 valence electrons. The Morgan fingerprint density at radius 1 is 1.06 bits per heavy atom. The van der Waals surface area contributed by atoms with Gasteiger partial charge in [-0.2, -0.15) is 0 Å². The first kappa shape index (κ1) is 24.5.